The van der Waals surface area contributed by atoms with E-state index in [2.05, 4.69) is 39.0 Å². The maximum Gasteiger partial charge on any atom is 0.306 e. The summed E-state index contributed by atoms with van der Waals surface area (Å²) in [6.07, 6.45) is 64.4. The summed E-state index contributed by atoms with van der Waals surface area (Å²) in [5, 5.41) is 0. The lowest BCUT2D eigenvalue weighted by molar-refractivity contribution is -0.167. The van der Waals surface area contributed by atoms with Crippen molar-refractivity contribution in [2.45, 2.75) is 168 Å². The molecule has 0 rings (SSSR count). The van der Waals surface area contributed by atoms with Gasteiger partial charge >= 0.3 is 17.9 Å². The maximum absolute atomic E-state index is 12.7. The number of hydrogen-bond donors (Lipinski definition) is 0. The van der Waals surface area contributed by atoms with Crippen LogP contribution < -0.4 is 0 Å². The van der Waals surface area contributed by atoms with Gasteiger partial charge in [-0.15, -0.1) is 0 Å². The molecule has 0 aliphatic carbocycles. The van der Waals surface area contributed by atoms with Crippen molar-refractivity contribution in [1.82, 2.24) is 0 Å². The molecule has 0 saturated heterocycles. The van der Waals surface area contributed by atoms with Crippen LogP contribution >= 0.6 is 0 Å². The summed E-state index contributed by atoms with van der Waals surface area (Å²) < 4.78 is 16.6. The molecule has 0 radical (unpaired) electrons. The quantitative estimate of drug-likeness (QED) is 0.0267. The van der Waals surface area contributed by atoms with Crippen molar-refractivity contribution in [3.8, 4) is 0 Å². The summed E-state index contributed by atoms with van der Waals surface area (Å²) in [6, 6.07) is 0. The van der Waals surface area contributed by atoms with Gasteiger partial charge in [-0.05, 0) is 51.4 Å². The van der Waals surface area contributed by atoms with Gasteiger partial charge in [0.2, 0.25) is 0 Å². The molecule has 0 aliphatic heterocycles. The largest absolute Gasteiger partial charge is 0.462 e. The van der Waals surface area contributed by atoms with E-state index < -0.39 is 12.1 Å². The molecule has 0 aliphatic rings. The normalized spacial score (nSPS) is 13.3. The number of rotatable bonds is 38. The molecule has 0 aromatic rings. The second-order valence-electron chi connectivity index (χ2n) is 14.5. The SMILES string of the molecule is CC\C=C/C=C\C=C/C=C\C=C/CCCC(=O)OC(COC(=O)CCCCC\C=C/C=C/C=C\C=C/C=C\C=C/CC)COC(=O)CCCCCCCCCCCCC. The van der Waals surface area contributed by atoms with Crippen molar-refractivity contribution in [1.29, 1.82) is 0 Å². The van der Waals surface area contributed by atoms with Crippen molar-refractivity contribution in [3.63, 3.8) is 0 Å². The topological polar surface area (TPSA) is 78.9 Å². The second-order valence-corrected chi connectivity index (χ2v) is 14.5. The zero-order valence-corrected chi connectivity index (χ0v) is 37.2. The molecule has 0 heterocycles. The van der Waals surface area contributed by atoms with Gasteiger partial charge in [-0.3, -0.25) is 14.4 Å². The molecule has 0 fully saturated rings. The maximum atomic E-state index is 12.7. The molecule has 0 aromatic carbocycles. The highest BCUT2D eigenvalue weighted by molar-refractivity contribution is 5.71. The van der Waals surface area contributed by atoms with E-state index in [1.807, 2.05) is 115 Å². The predicted octanol–water partition coefficient (Wildman–Crippen LogP) is 14.7. The highest BCUT2D eigenvalue weighted by Crippen LogP contribution is 2.13. The van der Waals surface area contributed by atoms with Crippen molar-refractivity contribution in [3.05, 3.63) is 134 Å². The van der Waals surface area contributed by atoms with E-state index in [0.717, 1.165) is 57.8 Å². The molecular formula is C53H80O6. The Bertz CT molecular complexity index is 1350. The molecule has 6 nitrogen and oxygen atoms in total. The van der Waals surface area contributed by atoms with Gasteiger partial charge < -0.3 is 14.2 Å². The van der Waals surface area contributed by atoms with Gasteiger partial charge in [0.25, 0.3) is 0 Å². The number of hydrogen-bond acceptors (Lipinski definition) is 6. The standard InChI is InChI=1S/C53H80O6/c1-4-7-10-13-16-19-22-24-25-26-27-29-31-34-37-40-43-46-52(55)58-49-50(48-57-51(54)45-42-39-36-33-30-21-18-15-12-9-6-3)59-53(56)47-44-41-38-35-32-28-23-20-17-14-11-8-5-2/h7-8,10-11,13-14,16-17,19-20,22-29,31-32,35,38,50H,4-6,9,12,15,18,21,30,33-34,36-37,39-49H2,1-3H3/b10-7-,11-8-,16-13-,17-14-,22-19-,23-20-,25-24-,27-26+,31-29-,32-28-,38-35-. The number of ether oxygens (including phenoxy) is 3. The fraction of sp³-hybridized carbons (Fsp3) is 0.528. The van der Waals surface area contributed by atoms with E-state index in [1.165, 1.54) is 51.4 Å². The molecular weight excluding hydrogens is 733 g/mol. The average Bonchev–Trinajstić information content (AvgIpc) is 3.23. The molecule has 0 N–H and O–H groups in total. The Labute approximate surface area is 360 Å². The first-order chi connectivity index (χ1) is 29.0. The minimum Gasteiger partial charge on any atom is -0.462 e. The summed E-state index contributed by atoms with van der Waals surface area (Å²) in [6.45, 7) is 6.20. The van der Waals surface area contributed by atoms with Crippen LogP contribution in [0.2, 0.25) is 0 Å². The van der Waals surface area contributed by atoms with Crippen molar-refractivity contribution < 1.29 is 28.6 Å². The second kappa shape index (κ2) is 46.2. The Morgan fingerprint density at radius 3 is 1.08 bits per heavy atom. The number of unbranched alkanes of at least 4 members (excludes halogenated alkanes) is 14. The first-order valence-electron chi connectivity index (χ1n) is 22.8. The van der Waals surface area contributed by atoms with Crippen LogP contribution in [0.15, 0.2) is 134 Å². The number of esters is 3. The smallest absolute Gasteiger partial charge is 0.306 e. The molecule has 6 heteroatoms. The molecule has 1 atom stereocenters. The molecule has 0 bridgehead atoms. The van der Waals surface area contributed by atoms with E-state index in [9.17, 15) is 14.4 Å². The Morgan fingerprint density at radius 2 is 0.678 bits per heavy atom. The lowest BCUT2D eigenvalue weighted by Crippen LogP contribution is -2.30. The third-order valence-electron chi connectivity index (χ3n) is 8.94. The molecule has 59 heavy (non-hydrogen) atoms. The van der Waals surface area contributed by atoms with Crippen LogP contribution in [-0.2, 0) is 28.6 Å². The zero-order chi connectivity index (χ0) is 43.0. The van der Waals surface area contributed by atoms with E-state index >= 15 is 0 Å². The lowest BCUT2D eigenvalue weighted by atomic mass is 10.1. The average molecular weight is 813 g/mol. The number of carbonyl (C=O) groups excluding carboxylic acids is 3. The highest BCUT2D eigenvalue weighted by Gasteiger charge is 2.19. The number of allylic oxidation sites excluding steroid dienone is 22. The van der Waals surface area contributed by atoms with Crippen LogP contribution in [0, 0.1) is 0 Å². The monoisotopic (exact) mass is 813 g/mol. The van der Waals surface area contributed by atoms with Crippen molar-refractivity contribution in [2.75, 3.05) is 13.2 Å². The van der Waals surface area contributed by atoms with E-state index in [-0.39, 0.29) is 38.0 Å². The Balaban J connectivity index is 4.62. The third kappa shape index (κ3) is 44.5. The zero-order valence-electron chi connectivity index (χ0n) is 37.2. The van der Waals surface area contributed by atoms with Gasteiger partial charge in [-0.25, -0.2) is 0 Å². The predicted molar refractivity (Wildman–Crippen MR) is 251 cm³/mol. The van der Waals surface area contributed by atoms with Crippen LogP contribution in [0.4, 0.5) is 0 Å². The molecule has 0 amide bonds. The van der Waals surface area contributed by atoms with Gasteiger partial charge in [0.15, 0.2) is 6.10 Å². The van der Waals surface area contributed by atoms with Crippen LogP contribution in [0.3, 0.4) is 0 Å². The Kier molecular flexibility index (Phi) is 42.8. The summed E-state index contributed by atoms with van der Waals surface area (Å²) >= 11 is 0. The van der Waals surface area contributed by atoms with Gasteiger partial charge in [0.05, 0.1) is 0 Å². The molecule has 328 valence electrons. The third-order valence-corrected chi connectivity index (χ3v) is 8.94. The molecule has 0 spiro atoms. The highest BCUT2D eigenvalue weighted by atomic mass is 16.6. The summed E-state index contributed by atoms with van der Waals surface area (Å²) in [7, 11) is 0. The van der Waals surface area contributed by atoms with Crippen molar-refractivity contribution in [2.24, 2.45) is 0 Å². The van der Waals surface area contributed by atoms with E-state index in [1.54, 1.807) is 0 Å². The fourth-order valence-corrected chi connectivity index (χ4v) is 5.56. The van der Waals surface area contributed by atoms with Crippen LogP contribution in [0.1, 0.15) is 162 Å². The number of carbonyl (C=O) groups is 3. The van der Waals surface area contributed by atoms with Gasteiger partial charge in [0, 0.05) is 19.3 Å². The Morgan fingerprint density at radius 1 is 0.356 bits per heavy atom. The first-order valence-corrected chi connectivity index (χ1v) is 22.8. The summed E-state index contributed by atoms with van der Waals surface area (Å²) in [5.41, 5.74) is 0. The van der Waals surface area contributed by atoms with Crippen LogP contribution in [-0.4, -0.2) is 37.2 Å². The van der Waals surface area contributed by atoms with Crippen LogP contribution in [0.5, 0.6) is 0 Å². The fourth-order valence-electron chi connectivity index (χ4n) is 5.56. The van der Waals surface area contributed by atoms with Gasteiger partial charge in [0.1, 0.15) is 13.2 Å². The van der Waals surface area contributed by atoms with E-state index in [0.29, 0.717) is 19.3 Å². The lowest BCUT2D eigenvalue weighted by Gasteiger charge is -2.18. The minimum absolute atomic E-state index is 0.125. The molecule has 0 aromatic heterocycles. The van der Waals surface area contributed by atoms with Gasteiger partial charge in [-0.1, -0.05) is 225 Å². The molecule has 0 saturated carbocycles. The summed E-state index contributed by atoms with van der Waals surface area (Å²) in [5.74, 6) is -1.06. The van der Waals surface area contributed by atoms with Gasteiger partial charge in [-0.2, -0.15) is 0 Å². The first kappa shape index (κ1) is 54.6. The van der Waals surface area contributed by atoms with E-state index in [4.69, 9.17) is 14.2 Å². The van der Waals surface area contributed by atoms with Crippen LogP contribution in [0.25, 0.3) is 0 Å². The Hall–Kier alpha value is -4.45. The molecule has 1 unspecified atom stereocenters. The van der Waals surface area contributed by atoms with Crippen molar-refractivity contribution >= 4 is 17.9 Å². The summed E-state index contributed by atoms with van der Waals surface area (Å²) in [4.78, 5) is 37.7. The minimum atomic E-state index is -0.835.